The van der Waals surface area contributed by atoms with Crippen LogP contribution in [0.5, 0.6) is 0 Å². The van der Waals surface area contributed by atoms with Gasteiger partial charge in [0.1, 0.15) is 0 Å². The number of ether oxygens (including phenoxy) is 2. The molecule has 0 aromatic carbocycles. The second kappa shape index (κ2) is 7.53. The molecular formula is C9H21NO2. The molecule has 0 bridgehead atoms. The lowest BCUT2D eigenvalue weighted by molar-refractivity contribution is 0.00414. The summed E-state index contributed by atoms with van der Waals surface area (Å²) in [5.74, 6) is 0. The van der Waals surface area contributed by atoms with E-state index in [1.807, 2.05) is 6.92 Å². The molecule has 0 fully saturated rings. The fourth-order valence-electron chi connectivity index (χ4n) is 0.955. The molecule has 0 heterocycles. The maximum Gasteiger partial charge on any atom is 0.0932 e. The first-order valence-electron chi connectivity index (χ1n) is 4.54. The summed E-state index contributed by atoms with van der Waals surface area (Å²) < 4.78 is 10.5. The smallest absolute Gasteiger partial charge is 0.0932 e. The quantitative estimate of drug-likeness (QED) is 0.627. The molecule has 74 valence electrons. The minimum absolute atomic E-state index is 0.183. The number of hydrogen-bond acceptors (Lipinski definition) is 3. The number of methoxy groups -OCH3 is 1. The highest BCUT2D eigenvalue weighted by Crippen LogP contribution is 1.92. The predicted molar refractivity (Wildman–Crippen MR) is 50.4 cm³/mol. The summed E-state index contributed by atoms with van der Waals surface area (Å²) in [6, 6.07) is 0.504. The summed E-state index contributed by atoms with van der Waals surface area (Å²) in [5.41, 5.74) is 0. The Bertz CT molecular complexity index is 90.5. The zero-order chi connectivity index (χ0) is 9.40. The molecule has 0 radical (unpaired) electrons. The van der Waals surface area contributed by atoms with Crippen LogP contribution in [-0.4, -0.2) is 39.0 Å². The molecule has 1 unspecified atom stereocenters. The van der Waals surface area contributed by atoms with Gasteiger partial charge in [0.15, 0.2) is 0 Å². The van der Waals surface area contributed by atoms with Crippen molar-refractivity contribution in [3.8, 4) is 0 Å². The first-order chi connectivity index (χ1) is 5.70. The van der Waals surface area contributed by atoms with E-state index >= 15 is 0 Å². The Balaban J connectivity index is 3.48. The van der Waals surface area contributed by atoms with Crippen molar-refractivity contribution in [1.29, 1.82) is 0 Å². The van der Waals surface area contributed by atoms with E-state index in [1.165, 1.54) is 0 Å². The molecule has 0 aliphatic rings. The lowest BCUT2D eigenvalue weighted by Crippen LogP contribution is -2.36. The van der Waals surface area contributed by atoms with Crippen molar-refractivity contribution in [3.05, 3.63) is 0 Å². The van der Waals surface area contributed by atoms with Gasteiger partial charge in [-0.3, -0.25) is 0 Å². The molecule has 0 aliphatic carbocycles. The summed E-state index contributed by atoms with van der Waals surface area (Å²) in [6.45, 7) is 8.50. The van der Waals surface area contributed by atoms with Crippen molar-refractivity contribution in [3.63, 3.8) is 0 Å². The fraction of sp³-hybridized carbons (Fsp3) is 1.00. The van der Waals surface area contributed by atoms with E-state index in [2.05, 4.69) is 19.2 Å². The molecule has 0 amide bonds. The number of nitrogens with one attached hydrogen (secondary N) is 1. The molecule has 1 atom stereocenters. The topological polar surface area (TPSA) is 30.5 Å². The van der Waals surface area contributed by atoms with Crippen LogP contribution < -0.4 is 5.32 Å². The van der Waals surface area contributed by atoms with Gasteiger partial charge in [-0.1, -0.05) is 13.8 Å². The van der Waals surface area contributed by atoms with Crippen LogP contribution in [0.15, 0.2) is 0 Å². The van der Waals surface area contributed by atoms with Gasteiger partial charge < -0.3 is 14.8 Å². The summed E-state index contributed by atoms with van der Waals surface area (Å²) in [4.78, 5) is 0. The second-order valence-electron chi connectivity index (χ2n) is 3.10. The van der Waals surface area contributed by atoms with Crippen molar-refractivity contribution < 1.29 is 9.47 Å². The van der Waals surface area contributed by atoms with E-state index in [1.54, 1.807) is 7.11 Å². The van der Waals surface area contributed by atoms with Crippen LogP contribution in [0, 0.1) is 0 Å². The third-order valence-electron chi connectivity index (χ3n) is 1.51. The normalized spacial score (nSPS) is 13.8. The molecule has 3 heteroatoms. The van der Waals surface area contributed by atoms with E-state index < -0.39 is 0 Å². The molecule has 1 N–H and O–H groups in total. The molecule has 0 aromatic rings. The highest BCUT2D eigenvalue weighted by molar-refractivity contribution is 4.62. The minimum atomic E-state index is 0.183. The van der Waals surface area contributed by atoms with Gasteiger partial charge in [0.2, 0.25) is 0 Å². The maximum atomic E-state index is 5.45. The third-order valence-corrected chi connectivity index (χ3v) is 1.51. The highest BCUT2D eigenvalue weighted by Gasteiger charge is 2.07. The van der Waals surface area contributed by atoms with E-state index in [-0.39, 0.29) is 6.10 Å². The Morgan fingerprint density at radius 3 is 2.42 bits per heavy atom. The lowest BCUT2D eigenvalue weighted by atomic mass is 10.3. The van der Waals surface area contributed by atoms with Crippen LogP contribution in [0.4, 0.5) is 0 Å². The van der Waals surface area contributed by atoms with E-state index in [4.69, 9.17) is 9.47 Å². The van der Waals surface area contributed by atoms with Gasteiger partial charge in [-0.2, -0.15) is 0 Å². The molecule has 12 heavy (non-hydrogen) atoms. The van der Waals surface area contributed by atoms with Gasteiger partial charge in [0.25, 0.3) is 0 Å². The maximum absolute atomic E-state index is 5.45. The second-order valence-corrected chi connectivity index (χ2v) is 3.10. The Kier molecular flexibility index (Phi) is 7.45. The van der Waals surface area contributed by atoms with E-state index in [0.717, 1.165) is 13.2 Å². The predicted octanol–water partition coefficient (Wildman–Crippen LogP) is 1.04. The average molecular weight is 175 g/mol. The van der Waals surface area contributed by atoms with Gasteiger partial charge >= 0.3 is 0 Å². The van der Waals surface area contributed by atoms with E-state index in [0.29, 0.717) is 12.6 Å². The molecule has 3 nitrogen and oxygen atoms in total. The molecule has 0 aliphatic heterocycles. The monoisotopic (exact) mass is 175 g/mol. The van der Waals surface area contributed by atoms with Gasteiger partial charge in [-0.15, -0.1) is 0 Å². The summed E-state index contributed by atoms with van der Waals surface area (Å²) in [6.07, 6.45) is 0.183. The van der Waals surface area contributed by atoms with Crippen LogP contribution in [0.2, 0.25) is 0 Å². The Morgan fingerprint density at radius 2 is 2.00 bits per heavy atom. The SMILES string of the molecule is CCOC(CNC(C)C)COC. The highest BCUT2D eigenvalue weighted by atomic mass is 16.5. The average Bonchev–Trinajstić information content (AvgIpc) is 2.01. The molecule has 0 saturated carbocycles. The van der Waals surface area contributed by atoms with Crippen molar-refractivity contribution in [2.75, 3.05) is 26.9 Å². The Morgan fingerprint density at radius 1 is 1.33 bits per heavy atom. The van der Waals surface area contributed by atoms with Gasteiger partial charge in [-0.25, -0.2) is 0 Å². The molecule has 0 saturated heterocycles. The first kappa shape index (κ1) is 11.9. The van der Waals surface area contributed by atoms with Crippen LogP contribution in [0.3, 0.4) is 0 Å². The minimum Gasteiger partial charge on any atom is -0.382 e. The van der Waals surface area contributed by atoms with E-state index in [9.17, 15) is 0 Å². The number of hydrogen-bond donors (Lipinski definition) is 1. The number of rotatable bonds is 7. The van der Waals surface area contributed by atoms with Crippen LogP contribution in [0.1, 0.15) is 20.8 Å². The third kappa shape index (κ3) is 6.58. The Hall–Kier alpha value is -0.120. The van der Waals surface area contributed by atoms with Crippen molar-refractivity contribution in [2.45, 2.75) is 32.9 Å². The van der Waals surface area contributed by atoms with Crippen molar-refractivity contribution in [2.24, 2.45) is 0 Å². The summed E-state index contributed by atoms with van der Waals surface area (Å²) in [7, 11) is 1.70. The van der Waals surface area contributed by atoms with Crippen molar-refractivity contribution in [1.82, 2.24) is 5.32 Å². The van der Waals surface area contributed by atoms with Gasteiger partial charge in [0.05, 0.1) is 12.7 Å². The molecule has 0 spiro atoms. The largest absolute Gasteiger partial charge is 0.382 e. The lowest BCUT2D eigenvalue weighted by Gasteiger charge is -2.18. The first-order valence-corrected chi connectivity index (χ1v) is 4.54. The molecular weight excluding hydrogens is 154 g/mol. The van der Waals surface area contributed by atoms with Gasteiger partial charge in [-0.05, 0) is 6.92 Å². The van der Waals surface area contributed by atoms with Crippen LogP contribution in [-0.2, 0) is 9.47 Å². The zero-order valence-electron chi connectivity index (χ0n) is 8.59. The zero-order valence-corrected chi connectivity index (χ0v) is 8.59. The Labute approximate surface area is 75.4 Å². The van der Waals surface area contributed by atoms with Crippen molar-refractivity contribution >= 4 is 0 Å². The standard InChI is InChI=1S/C9H21NO2/c1-5-12-9(7-11-4)6-10-8(2)3/h8-10H,5-7H2,1-4H3. The fourth-order valence-corrected chi connectivity index (χ4v) is 0.955. The molecule has 0 aromatic heterocycles. The van der Waals surface area contributed by atoms with Gasteiger partial charge in [0, 0.05) is 26.3 Å². The van der Waals surface area contributed by atoms with Crippen LogP contribution in [0.25, 0.3) is 0 Å². The summed E-state index contributed by atoms with van der Waals surface area (Å²) >= 11 is 0. The molecule has 0 rings (SSSR count). The summed E-state index contributed by atoms with van der Waals surface area (Å²) in [5, 5.41) is 3.31. The van der Waals surface area contributed by atoms with Crippen LogP contribution >= 0.6 is 0 Å².